The fourth-order valence-corrected chi connectivity index (χ4v) is 3.35. The van der Waals surface area contributed by atoms with E-state index in [4.69, 9.17) is 0 Å². The van der Waals surface area contributed by atoms with Crippen LogP contribution in [0.25, 0.3) is 10.9 Å². The minimum Gasteiger partial charge on any atom is -0.349 e. The number of benzene rings is 1. The topological polar surface area (TPSA) is 45.6 Å². The lowest BCUT2D eigenvalue weighted by molar-refractivity contribution is -0.132. The number of fused-ring (bicyclic) bond motifs is 1. The van der Waals surface area contributed by atoms with Crippen molar-refractivity contribution in [3.63, 3.8) is 0 Å². The molecule has 1 aromatic carbocycles. The summed E-state index contributed by atoms with van der Waals surface area (Å²) in [7, 11) is 5.45. The van der Waals surface area contributed by atoms with Crippen LogP contribution in [0.5, 0.6) is 0 Å². The summed E-state index contributed by atoms with van der Waals surface area (Å²) < 4.78 is 1.94. The monoisotopic (exact) mass is 313 g/mol. The highest BCUT2D eigenvalue weighted by atomic mass is 16.2. The molecule has 0 unspecified atom stereocenters. The molecule has 122 valence electrons. The Bertz CT molecular complexity index is 776. The molecule has 0 spiro atoms. The Morgan fingerprint density at radius 3 is 2.65 bits per heavy atom. The van der Waals surface area contributed by atoms with Crippen LogP contribution in [0.1, 0.15) is 22.5 Å². The van der Waals surface area contributed by atoms with Crippen LogP contribution in [0.2, 0.25) is 0 Å². The van der Waals surface area contributed by atoms with Crippen molar-refractivity contribution in [3.05, 3.63) is 35.5 Å². The standard InChI is InChI=1S/C18H23N3O2/c1-12-5-6-15-14(9-12)10-16(20(15)4)18(23)21-8-7-13(11-21)17(22)19(2)3/h5-6,9-10,13H,7-8,11H2,1-4H3/t13-/m1/s1. The maximum Gasteiger partial charge on any atom is 0.270 e. The van der Waals surface area contributed by atoms with Crippen LogP contribution < -0.4 is 0 Å². The van der Waals surface area contributed by atoms with Gasteiger partial charge in [-0.2, -0.15) is 0 Å². The molecule has 2 heterocycles. The summed E-state index contributed by atoms with van der Waals surface area (Å²) in [5, 5.41) is 1.08. The number of carbonyl (C=O) groups excluding carboxylic acids is 2. The number of aromatic nitrogens is 1. The molecule has 1 atom stereocenters. The van der Waals surface area contributed by atoms with Crippen LogP contribution in [0.4, 0.5) is 0 Å². The normalized spacial score (nSPS) is 17.7. The van der Waals surface area contributed by atoms with Crippen LogP contribution in [-0.2, 0) is 11.8 Å². The van der Waals surface area contributed by atoms with Crippen LogP contribution in [0.3, 0.4) is 0 Å². The molecular formula is C18H23N3O2. The molecule has 2 amide bonds. The zero-order chi connectivity index (χ0) is 16.7. The summed E-state index contributed by atoms with van der Waals surface area (Å²) >= 11 is 0. The number of amides is 2. The zero-order valence-electron chi connectivity index (χ0n) is 14.2. The number of rotatable bonds is 2. The summed E-state index contributed by atoms with van der Waals surface area (Å²) in [6.45, 7) is 3.20. The van der Waals surface area contributed by atoms with Gasteiger partial charge in [0.15, 0.2) is 0 Å². The van der Waals surface area contributed by atoms with Crippen LogP contribution in [-0.4, -0.2) is 53.4 Å². The van der Waals surface area contributed by atoms with E-state index in [1.807, 2.05) is 30.7 Å². The number of likely N-dealkylation sites (tertiary alicyclic amines) is 1. The molecule has 0 N–H and O–H groups in total. The Balaban J connectivity index is 1.84. The smallest absolute Gasteiger partial charge is 0.270 e. The Labute approximate surface area is 136 Å². The van der Waals surface area contributed by atoms with Crippen molar-refractivity contribution >= 4 is 22.7 Å². The van der Waals surface area contributed by atoms with Gasteiger partial charge in [-0.25, -0.2) is 0 Å². The molecule has 5 nitrogen and oxygen atoms in total. The largest absolute Gasteiger partial charge is 0.349 e. The molecule has 3 rings (SSSR count). The first-order valence-corrected chi connectivity index (χ1v) is 7.95. The lowest BCUT2D eigenvalue weighted by Crippen LogP contribution is -2.34. The quantitative estimate of drug-likeness (QED) is 0.852. The predicted octanol–water partition coefficient (Wildman–Crippen LogP) is 2.04. The van der Waals surface area contributed by atoms with Crippen molar-refractivity contribution in [3.8, 4) is 0 Å². The van der Waals surface area contributed by atoms with E-state index in [0.717, 1.165) is 17.3 Å². The highest BCUT2D eigenvalue weighted by Crippen LogP contribution is 2.24. The minimum atomic E-state index is -0.0779. The van der Waals surface area contributed by atoms with Gasteiger partial charge in [-0.15, -0.1) is 0 Å². The van der Waals surface area contributed by atoms with E-state index in [-0.39, 0.29) is 17.7 Å². The maximum atomic E-state index is 12.8. The van der Waals surface area contributed by atoms with Crippen molar-refractivity contribution < 1.29 is 9.59 Å². The number of hydrogen-bond acceptors (Lipinski definition) is 2. The second kappa shape index (κ2) is 5.72. The van der Waals surface area contributed by atoms with Crippen molar-refractivity contribution in [2.75, 3.05) is 27.2 Å². The summed E-state index contributed by atoms with van der Waals surface area (Å²) in [5.74, 6) is 0.0363. The maximum absolute atomic E-state index is 12.8. The van der Waals surface area contributed by atoms with Crippen molar-refractivity contribution in [1.29, 1.82) is 0 Å². The second-order valence-electron chi connectivity index (χ2n) is 6.62. The molecule has 5 heteroatoms. The highest BCUT2D eigenvalue weighted by molar-refractivity contribution is 5.99. The molecular weight excluding hydrogens is 290 g/mol. The van der Waals surface area contributed by atoms with E-state index in [1.165, 1.54) is 5.56 Å². The average molecular weight is 313 g/mol. The van der Waals surface area contributed by atoms with Crippen molar-refractivity contribution in [1.82, 2.24) is 14.4 Å². The van der Waals surface area contributed by atoms with E-state index in [9.17, 15) is 9.59 Å². The molecule has 1 saturated heterocycles. The fraction of sp³-hybridized carbons (Fsp3) is 0.444. The molecule has 0 bridgehead atoms. The first kappa shape index (κ1) is 15.6. The molecule has 23 heavy (non-hydrogen) atoms. The summed E-state index contributed by atoms with van der Waals surface area (Å²) in [4.78, 5) is 28.3. The number of nitrogens with zero attached hydrogens (tertiary/aromatic N) is 3. The first-order valence-electron chi connectivity index (χ1n) is 7.95. The van der Waals surface area contributed by atoms with Crippen molar-refractivity contribution in [2.24, 2.45) is 13.0 Å². The van der Waals surface area contributed by atoms with Gasteiger partial charge in [-0.3, -0.25) is 9.59 Å². The van der Waals surface area contributed by atoms with Gasteiger partial charge >= 0.3 is 0 Å². The van der Waals surface area contributed by atoms with Gasteiger partial charge in [0.05, 0.1) is 5.92 Å². The van der Waals surface area contributed by atoms with Crippen LogP contribution >= 0.6 is 0 Å². The van der Waals surface area contributed by atoms with Crippen LogP contribution in [0.15, 0.2) is 24.3 Å². The SMILES string of the molecule is Cc1ccc2c(c1)cc(C(=O)N1CC[C@@H](C(=O)N(C)C)C1)n2C. The number of aryl methyl sites for hydroxylation is 2. The Morgan fingerprint density at radius 2 is 1.96 bits per heavy atom. The molecule has 1 aliphatic rings. The third-order valence-corrected chi connectivity index (χ3v) is 4.68. The van der Waals surface area contributed by atoms with Gasteiger partial charge in [-0.1, -0.05) is 11.6 Å². The predicted molar refractivity (Wildman–Crippen MR) is 90.4 cm³/mol. The van der Waals surface area contributed by atoms with E-state index >= 15 is 0 Å². The molecule has 1 aliphatic heterocycles. The second-order valence-corrected chi connectivity index (χ2v) is 6.62. The lowest BCUT2D eigenvalue weighted by Gasteiger charge is -2.18. The van der Waals surface area contributed by atoms with Gasteiger partial charge in [0.25, 0.3) is 5.91 Å². The lowest BCUT2D eigenvalue weighted by atomic mass is 10.1. The Hall–Kier alpha value is -2.30. The van der Waals surface area contributed by atoms with E-state index in [2.05, 4.69) is 12.1 Å². The third kappa shape index (κ3) is 2.71. The Kier molecular flexibility index (Phi) is 3.88. The molecule has 0 saturated carbocycles. The number of hydrogen-bond donors (Lipinski definition) is 0. The summed E-state index contributed by atoms with van der Waals surface area (Å²) in [6.07, 6.45) is 0.742. The number of carbonyl (C=O) groups is 2. The van der Waals surface area contributed by atoms with E-state index < -0.39 is 0 Å². The highest BCUT2D eigenvalue weighted by Gasteiger charge is 2.33. The van der Waals surface area contributed by atoms with E-state index in [1.54, 1.807) is 23.9 Å². The van der Waals surface area contributed by atoms with Gasteiger partial charge in [0.2, 0.25) is 5.91 Å². The van der Waals surface area contributed by atoms with Gasteiger partial charge in [0, 0.05) is 45.1 Å². The summed E-state index contributed by atoms with van der Waals surface area (Å²) in [5.41, 5.74) is 2.92. The fourth-order valence-electron chi connectivity index (χ4n) is 3.35. The molecule has 1 fully saturated rings. The zero-order valence-corrected chi connectivity index (χ0v) is 14.2. The van der Waals surface area contributed by atoms with E-state index in [0.29, 0.717) is 18.8 Å². The third-order valence-electron chi connectivity index (χ3n) is 4.68. The molecule has 0 radical (unpaired) electrons. The first-order chi connectivity index (χ1) is 10.9. The Morgan fingerprint density at radius 1 is 1.22 bits per heavy atom. The van der Waals surface area contributed by atoms with Gasteiger partial charge in [0.1, 0.15) is 5.69 Å². The van der Waals surface area contributed by atoms with Crippen molar-refractivity contribution in [2.45, 2.75) is 13.3 Å². The van der Waals surface area contributed by atoms with Crippen LogP contribution in [0, 0.1) is 12.8 Å². The minimum absolute atomic E-state index is 0.00964. The molecule has 1 aromatic heterocycles. The molecule has 0 aliphatic carbocycles. The van der Waals surface area contributed by atoms with Gasteiger partial charge < -0.3 is 14.4 Å². The molecule has 2 aromatic rings. The van der Waals surface area contributed by atoms with Gasteiger partial charge in [-0.05, 0) is 31.5 Å². The summed E-state index contributed by atoms with van der Waals surface area (Å²) in [6, 6.07) is 8.14. The average Bonchev–Trinajstić information content (AvgIpc) is 3.11.